The Morgan fingerprint density at radius 2 is 2.19 bits per heavy atom. The molecule has 4 nitrogen and oxygen atoms in total. The van der Waals surface area contributed by atoms with Crippen LogP contribution in [0.4, 0.5) is 0 Å². The number of carbonyl (C=O) groups is 1. The first-order chi connectivity index (χ1) is 7.72. The number of aromatic nitrogens is 1. The summed E-state index contributed by atoms with van der Waals surface area (Å²) in [6.45, 7) is 0. The van der Waals surface area contributed by atoms with Crippen molar-refractivity contribution in [2.75, 3.05) is 7.11 Å². The van der Waals surface area contributed by atoms with Crippen LogP contribution in [-0.2, 0) is 11.2 Å². The molecule has 16 heavy (non-hydrogen) atoms. The highest BCUT2D eigenvalue weighted by Gasteiger charge is 2.08. The lowest BCUT2D eigenvalue weighted by Crippen LogP contribution is -2.01. The van der Waals surface area contributed by atoms with E-state index in [0.29, 0.717) is 5.75 Å². The minimum absolute atomic E-state index is 0.00447. The largest absolute Gasteiger partial charge is 0.496 e. The zero-order chi connectivity index (χ0) is 11.5. The van der Waals surface area contributed by atoms with E-state index in [1.165, 1.54) is 0 Å². The Kier molecular flexibility index (Phi) is 2.72. The molecule has 1 aromatic heterocycles. The molecular formula is C12H11NO3. The number of nitrogens with zero attached hydrogens (tertiary/aromatic N) is 1. The van der Waals surface area contributed by atoms with Crippen LogP contribution in [0.25, 0.3) is 10.8 Å². The van der Waals surface area contributed by atoms with Gasteiger partial charge in [0.05, 0.1) is 13.5 Å². The molecule has 2 rings (SSSR count). The molecule has 1 heterocycles. The molecule has 0 atom stereocenters. The molecule has 1 aromatic carbocycles. The molecule has 0 saturated heterocycles. The third-order valence-electron chi connectivity index (χ3n) is 2.43. The van der Waals surface area contributed by atoms with Crippen LogP contribution in [0.15, 0.2) is 30.6 Å². The molecule has 0 aliphatic rings. The Hall–Kier alpha value is -2.10. The summed E-state index contributed by atoms with van der Waals surface area (Å²) in [6, 6.07) is 5.34. The average molecular weight is 217 g/mol. The molecule has 0 amide bonds. The van der Waals surface area contributed by atoms with E-state index in [0.717, 1.165) is 16.3 Å². The monoisotopic (exact) mass is 217 g/mol. The number of pyridine rings is 1. The van der Waals surface area contributed by atoms with Gasteiger partial charge in [0, 0.05) is 17.8 Å². The summed E-state index contributed by atoms with van der Waals surface area (Å²) in [7, 11) is 1.58. The molecule has 1 N–H and O–H groups in total. The Labute approximate surface area is 92.5 Å². The van der Waals surface area contributed by atoms with Crippen LogP contribution in [0, 0.1) is 0 Å². The normalized spacial score (nSPS) is 10.3. The summed E-state index contributed by atoms with van der Waals surface area (Å²) in [4.78, 5) is 14.7. The SMILES string of the molecule is COc1ccc(CC(=O)O)c2ccncc12. The number of carboxylic acid groups (broad SMARTS) is 1. The number of ether oxygens (including phenoxy) is 1. The van der Waals surface area contributed by atoms with Gasteiger partial charge in [0.15, 0.2) is 0 Å². The molecule has 2 aromatic rings. The van der Waals surface area contributed by atoms with Gasteiger partial charge in [-0.1, -0.05) is 6.07 Å². The van der Waals surface area contributed by atoms with Crippen molar-refractivity contribution in [1.29, 1.82) is 0 Å². The highest BCUT2D eigenvalue weighted by molar-refractivity contribution is 5.92. The van der Waals surface area contributed by atoms with E-state index in [-0.39, 0.29) is 6.42 Å². The summed E-state index contributed by atoms with van der Waals surface area (Å²) in [5, 5.41) is 10.5. The van der Waals surface area contributed by atoms with Crippen LogP contribution >= 0.6 is 0 Å². The van der Waals surface area contributed by atoms with E-state index in [2.05, 4.69) is 4.98 Å². The zero-order valence-electron chi connectivity index (χ0n) is 8.80. The summed E-state index contributed by atoms with van der Waals surface area (Å²) in [5.41, 5.74) is 0.769. The van der Waals surface area contributed by atoms with Crippen molar-refractivity contribution in [1.82, 2.24) is 4.98 Å². The third-order valence-corrected chi connectivity index (χ3v) is 2.43. The highest BCUT2D eigenvalue weighted by atomic mass is 16.5. The lowest BCUT2D eigenvalue weighted by Gasteiger charge is -2.08. The minimum Gasteiger partial charge on any atom is -0.496 e. The maximum atomic E-state index is 10.7. The summed E-state index contributed by atoms with van der Waals surface area (Å²) in [5.74, 6) is -0.138. The van der Waals surface area contributed by atoms with Gasteiger partial charge < -0.3 is 9.84 Å². The van der Waals surface area contributed by atoms with Crippen LogP contribution in [0.1, 0.15) is 5.56 Å². The first-order valence-electron chi connectivity index (χ1n) is 4.83. The molecule has 0 spiro atoms. The zero-order valence-corrected chi connectivity index (χ0v) is 8.80. The predicted octanol–water partition coefficient (Wildman–Crippen LogP) is 1.87. The van der Waals surface area contributed by atoms with Gasteiger partial charge in [0.2, 0.25) is 0 Å². The molecule has 0 aliphatic heterocycles. The number of rotatable bonds is 3. The number of fused-ring (bicyclic) bond motifs is 1. The fourth-order valence-electron chi connectivity index (χ4n) is 1.72. The van der Waals surface area contributed by atoms with Gasteiger partial charge in [-0.2, -0.15) is 0 Å². The average Bonchev–Trinajstić information content (AvgIpc) is 2.29. The van der Waals surface area contributed by atoms with Gasteiger partial charge in [-0.3, -0.25) is 9.78 Å². The lowest BCUT2D eigenvalue weighted by molar-refractivity contribution is -0.136. The Morgan fingerprint density at radius 1 is 1.38 bits per heavy atom. The molecular weight excluding hydrogens is 206 g/mol. The van der Waals surface area contributed by atoms with Crippen molar-refractivity contribution < 1.29 is 14.6 Å². The van der Waals surface area contributed by atoms with Crippen LogP contribution in [0.3, 0.4) is 0 Å². The number of benzene rings is 1. The summed E-state index contributed by atoms with van der Waals surface area (Å²) in [6.07, 6.45) is 3.33. The fourth-order valence-corrected chi connectivity index (χ4v) is 1.72. The molecule has 0 fully saturated rings. The minimum atomic E-state index is -0.844. The molecule has 0 aliphatic carbocycles. The van der Waals surface area contributed by atoms with E-state index < -0.39 is 5.97 Å². The van der Waals surface area contributed by atoms with Crippen molar-refractivity contribution in [3.63, 3.8) is 0 Å². The van der Waals surface area contributed by atoms with Gasteiger partial charge in [-0.25, -0.2) is 0 Å². The third kappa shape index (κ3) is 1.82. The van der Waals surface area contributed by atoms with E-state index in [1.807, 2.05) is 0 Å². The first-order valence-corrected chi connectivity index (χ1v) is 4.83. The molecule has 0 unspecified atom stereocenters. The Bertz CT molecular complexity index is 537. The van der Waals surface area contributed by atoms with Crippen molar-refractivity contribution >= 4 is 16.7 Å². The highest BCUT2D eigenvalue weighted by Crippen LogP contribution is 2.27. The number of hydrogen-bond acceptors (Lipinski definition) is 3. The van der Waals surface area contributed by atoms with Gasteiger partial charge >= 0.3 is 5.97 Å². The first kappa shape index (κ1) is 10.4. The van der Waals surface area contributed by atoms with E-state index in [4.69, 9.17) is 9.84 Å². The maximum absolute atomic E-state index is 10.7. The van der Waals surface area contributed by atoms with Gasteiger partial charge in [-0.05, 0) is 23.1 Å². The van der Waals surface area contributed by atoms with Gasteiger partial charge in [0.1, 0.15) is 5.75 Å². The van der Waals surface area contributed by atoms with Crippen molar-refractivity contribution in [3.8, 4) is 5.75 Å². The number of methoxy groups -OCH3 is 1. The van der Waals surface area contributed by atoms with Crippen molar-refractivity contribution in [3.05, 3.63) is 36.2 Å². The second-order valence-corrected chi connectivity index (χ2v) is 3.42. The molecule has 0 bridgehead atoms. The molecule has 82 valence electrons. The van der Waals surface area contributed by atoms with E-state index in [1.54, 1.807) is 37.7 Å². The second-order valence-electron chi connectivity index (χ2n) is 3.42. The van der Waals surface area contributed by atoms with Crippen LogP contribution in [0.2, 0.25) is 0 Å². The Balaban J connectivity index is 2.64. The van der Waals surface area contributed by atoms with Crippen LogP contribution in [0.5, 0.6) is 5.75 Å². The number of carboxylic acids is 1. The smallest absolute Gasteiger partial charge is 0.307 e. The number of hydrogen-bond donors (Lipinski definition) is 1. The maximum Gasteiger partial charge on any atom is 0.307 e. The van der Waals surface area contributed by atoms with E-state index in [9.17, 15) is 4.79 Å². The van der Waals surface area contributed by atoms with Crippen molar-refractivity contribution in [2.45, 2.75) is 6.42 Å². The standard InChI is InChI=1S/C12H11NO3/c1-16-11-3-2-8(6-12(14)15)9-4-5-13-7-10(9)11/h2-5,7H,6H2,1H3,(H,14,15). The van der Waals surface area contributed by atoms with Crippen LogP contribution in [-0.4, -0.2) is 23.2 Å². The predicted molar refractivity (Wildman–Crippen MR) is 59.6 cm³/mol. The van der Waals surface area contributed by atoms with Crippen LogP contribution < -0.4 is 4.74 Å². The second kappa shape index (κ2) is 4.18. The lowest BCUT2D eigenvalue weighted by atomic mass is 10.0. The molecule has 0 saturated carbocycles. The summed E-state index contributed by atoms with van der Waals surface area (Å²) < 4.78 is 5.20. The van der Waals surface area contributed by atoms with Gasteiger partial charge in [0.25, 0.3) is 0 Å². The molecule has 0 radical (unpaired) electrons. The quantitative estimate of drug-likeness (QED) is 0.852. The fraction of sp³-hybridized carbons (Fsp3) is 0.167. The van der Waals surface area contributed by atoms with Gasteiger partial charge in [-0.15, -0.1) is 0 Å². The Morgan fingerprint density at radius 3 is 2.88 bits per heavy atom. The topological polar surface area (TPSA) is 59.4 Å². The molecule has 4 heteroatoms. The van der Waals surface area contributed by atoms with Crippen molar-refractivity contribution in [2.24, 2.45) is 0 Å². The summed E-state index contributed by atoms with van der Waals surface area (Å²) >= 11 is 0. The number of aliphatic carboxylic acids is 1. The van der Waals surface area contributed by atoms with E-state index >= 15 is 0 Å².